The molecule has 0 atom stereocenters. The van der Waals surface area contributed by atoms with E-state index in [0.29, 0.717) is 0 Å². The molecule has 0 saturated carbocycles. The van der Waals surface area contributed by atoms with E-state index in [4.69, 9.17) is 9.47 Å². The van der Waals surface area contributed by atoms with Gasteiger partial charge < -0.3 is 9.47 Å². The van der Waals surface area contributed by atoms with E-state index in [9.17, 15) is 0 Å². The van der Waals surface area contributed by atoms with Gasteiger partial charge in [-0.15, -0.1) is 0 Å². The number of fused-ring (bicyclic) bond motifs is 1. The van der Waals surface area contributed by atoms with Crippen LogP contribution in [0, 0.1) is 0 Å². The largest absolute Gasteiger partial charge is 0.493 e. The smallest absolute Gasteiger partial charge is 0.314 e. The fourth-order valence-corrected chi connectivity index (χ4v) is 3.03. The molecule has 3 aromatic rings. The fourth-order valence-electron chi connectivity index (χ4n) is 2.18. The Balaban J connectivity index is 1.75. The second kappa shape index (κ2) is 6.10. The molecule has 1 aromatic heterocycles. The highest BCUT2D eigenvalue weighted by Crippen LogP contribution is 2.30. The van der Waals surface area contributed by atoms with E-state index in [1.165, 1.54) is 5.56 Å². The first-order valence-corrected chi connectivity index (χ1v) is 7.62. The third-order valence-electron chi connectivity index (χ3n) is 3.25. The van der Waals surface area contributed by atoms with Crippen LogP contribution in [0.4, 0.5) is 0 Å². The molecule has 0 aliphatic heterocycles. The first kappa shape index (κ1) is 13.8. The number of aromatic nitrogens is 2. The van der Waals surface area contributed by atoms with Gasteiger partial charge in [0.15, 0.2) is 22.5 Å². The zero-order valence-electron chi connectivity index (χ0n) is 12.0. The number of nitrogens with one attached hydrogen (secondary N) is 2. The monoisotopic (exact) mass is 301 g/mol. The number of rotatable bonds is 5. The summed E-state index contributed by atoms with van der Waals surface area (Å²) < 4.78 is 10.6. The summed E-state index contributed by atoms with van der Waals surface area (Å²) in [5, 5.41) is 1.05. The predicted molar refractivity (Wildman–Crippen MR) is 84.0 cm³/mol. The van der Waals surface area contributed by atoms with Crippen LogP contribution in [0.15, 0.2) is 47.6 Å². The number of thioether (sulfide) groups is 1. The third kappa shape index (κ3) is 2.97. The molecule has 0 amide bonds. The number of H-pyrrole nitrogens is 2. The number of methoxy groups -OCH3 is 2. The van der Waals surface area contributed by atoms with Gasteiger partial charge in [0.2, 0.25) is 0 Å². The number of benzene rings is 2. The lowest BCUT2D eigenvalue weighted by Gasteiger charge is -2.08. The van der Waals surface area contributed by atoms with Crippen LogP contribution >= 0.6 is 11.8 Å². The molecule has 0 saturated heterocycles. The van der Waals surface area contributed by atoms with Crippen molar-refractivity contribution in [1.29, 1.82) is 0 Å². The summed E-state index contributed by atoms with van der Waals surface area (Å²) in [6.07, 6.45) is 0. The Bertz CT molecular complexity index is 722. The van der Waals surface area contributed by atoms with Crippen LogP contribution in [0.3, 0.4) is 0 Å². The van der Waals surface area contributed by atoms with Crippen LogP contribution in [0.25, 0.3) is 11.0 Å². The Morgan fingerprint density at radius 3 is 2.62 bits per heavy atom. The summed E-state index contributed by atoms with van der Waals surface area (Å²) in [5.74, 6) is 2.36. The molecule has 2 aromatic carbocycles. The maximum Gasteiger partial charge on any atom is 0.314 e. The quantitative estimate of drug-likeness (QED) is 0.736. The summed E-state index contributed by atoms with van der Waals surface area (Å²) in [5.41, 5.74) is 3.42. The zero-order chi connectivity index (χ0) is 14.7. The normalized spacial score (nSPS) is 10.8. The van der Waals surface area contributed by atoms with E-state index >= 15 is 0 Å². The second-order valence-electron chi connectivity index (χ2n) is 4.60. The number of imidazole rings is 1. The van der Waals surface area contributed by atoms with Gasteiger partial charge in [-0.2, -0.15) is 0 Å². The minimum Gasteiger partial charge on any atom is -0.493 e. The number of para-hydroxylation sites is 2. The van der Waals surface area contributed by atoms with Gasteiger partial charge in [-0.1, -0.05) is 18.2 Å². The molecule has 0 spiro atoms. The molecule has 21 heavy (non-hydrogen) atoms. The maximum atomic E-state index is 5.33. The predicted octanol–water partition coefficient (Wildman–Crippen LogP) is 3.29. The second-order valence-corrected chi connectivity index (χ2v) is 5.59. The molecule has 1 heterocycles. The van der Waals surface area contributed by atoms with Gasteiger partial charge in [-0.05, 0) is 41.6 Å². The maximum absolute atomic E-state index is 5.33. The lowest BCUT2D eigenvalue weighted by Crippen LogP contribution is -2.01. The van der Waals surface area contributed by atoms with Gasteiger partial charge in [-0.25, -0.2) is 9.97 Å². The Kier molecular flexibility index (Phi) is 4.01. The first-order chi connectivity index (χ1) is 10.3. The summed E-state index contributed by atoms with van der Waals surface area (Å²) >= 11 is 1.72. The molecular weight excluding hydrogens is 284 g/mol. The molecule has 0 bridgehead atoms. The van der Waals surface area contributed by atoms with Crippen LogP contribution in [0.1, 0.15) is 5.56 Å². The van der Waals surface area contributed by atoms with E-state index in [2.05, 4.69) is 28.2 Å². The molecule has 3 rings (SSSR count). The van der Waals surface area contributed by atoms with E-state index < -0.39 is 0 Å². The van der Waals surface area contributed by atoms with Gasteiger partial charge in [0.1, 0.15) is 0 Å². The molecule has 0 aliphatic rings. The van der Waals surface area contributed by atoms with Gasteiger partial charge in [0, 0.05) is 5.75 Å². The van der Waals surface area contributed by atoms with E-state index in [1.54, 1.807) is 26.0 Å². The average molecular weight is 301 g/mol. The fraction of sp³-hybridized carbons (Fsp3) is 0.188. The highest BCUT2D eigenvalue weighted by molar-refractivity contribution is 7.98. The molecule has 0 unspecified atom stereocenters. The van der Waals surface area contributed by atoms with Gasteiger partial charge in [0.05, 0.1) is 14.2 Å². The van der Waals surface area contributed by atoms with Crippen molar-refractivity contribution in [2.75, 3.05) is 14.2 Å². The Morgan fingerprint density at radius 1 is 1.05 bits per heavy atom. The summed E-state index contributed by atoms with van der Waals surface area (Å²) in [6.45, 7) is 0. The highest BCUT2D eigenvalue weighted by Gasteiger charge is 2.11. The van der Waals surface area contributed by atoms with Crippen LogP contribution in [-0.4, -0.2) is 19.2 Å². The van der Waals surface area contributed by atoms with Crippen molar-refractivity contribution in [2.24, 2.45) is 0 Å². The topological polar surface area (TPSA) is 48.4 Å². The minimum absolute atomic E-state index is 0.753. The van der Waals surface area contributed by atoms with Crippen molar-refractivity contribution >= 4 is 22.8 Å². The molecule has 0 radical (unpaired) electrons. The molecule has 0 aliphatic carbocycles. The zero-order valence-corrected chi connectivity index (χ0v) is 12.8. The molecule has 2 N–H and O–H groups in total. The van der Waals surface area contributed by atoms with Crippen molar-refractivity contribution in [3.63, 3.8) is 0 Å². The summed E-state index contributed by atoms with van der Waals surface area (Å²) in [7, 11) is 3.30. The van der Waals surface area contributed by atoms with Gasteiger partial charge in [-0.3, -0.25) is 0 Å². The number of ether oxygens (including phenoxy) is 2. The summed E-state index contributed by atoms with van der Waals surface area (Å²) in [6, 6.07) is 14.2. The highest BCUT2D eigenvalue weighted by atomic mass is 32.2. The third-order valence-corrected chi connectivity index (χ3v) is 4.23. The van der Waals surface area contributed by atoms with Crippen LogP contribution in [0.5, 0.6) is 11.5 Å². The standard InChI is InChI=1S/C16H16N2O2S/c1-19-14-8-7-11(9-15(14)20-2)10-21-16-17-12-5-3-4-6-13(12)18-16/h3-9H,10H2,1-2H3,(H,17,18)/p+1. The van der Waals surface area contributed by atoms with E-state index in [1.807, 2.05) is 24.3 Å². The van der Waals surface area contributed by atoms with Crippen molar-refractivity contribution in [2.45, 2.75) is 10.9 Å². The van der Waals surface area contributed by atoms with Crippen LogP contribution in [-0.2, 0) is 5.75 Å². The van der Waals surface area contributed by atoms with Crippen molar-refractivity contribution in [1.82, 2.24) is 4.98 Å². The molecule has 0 fully saturated rings. The molecule has 108 valence electrons. The van der Waals surface area contributed by atoms with Gasteiger partial charge >= 0.3 is 5.16 Å². The van der Waals surface area contributed by atoms with Gasteiger partial charge in [0.25, 0.3) is 0 Å². The van der Waals surface area contributed by atoms with E-state index in [0.717, 1.165) is 33.4 Å². The van der Waals surface area contributed by atoms with Crippen molar-refractivity contribution in [3.8, 4) is 11.5 Å². The summed E-state index contributed by atoms with van der Waals surface area (Å²) in [4.78, 5) is 6.74. The Labute approximate surface area is 127 Å². The molecular formula is C16H17N2O2S+. The molecule has 4 nitrogen and oxygen atoms in total. The number of hydrogen-bond acceptors (Lipinski definition) is 3. The lowest BCUT2D eigenvalue weighted by molar-refractivity contribution is -0.396. The van der Waals surface area contributed by atoms with Crippen LogP contribution in [0.2, 0.25) is 0 Å². The first-order valence-electron chi connectivity index (χ1n) is 6.64. The number of aromatic amines is 2. The van der Waals surface area contributed by atoms with E-state index in [-0.39, 0.29) is 0 Å². The lowest BCUT2D eigenvalue weighted by atomic mass is 10.2. The number of hydrogen-bond donors (Lipinski definition) is 1. The Morgan fingerprint density at radius 2 is 1.86 bits per heavy atom. The molecule has 5 heteroatoms. The van der Waals surface area contributed by atoms with Crippen LogP contribution < -0.4 is 14.5 Å². The van der Waals surface area contributed by atoms with Crippen molar-refractivity contribution < 1.29 is 14.5 Å². The minimum atomic E-state index is 0.753. The Hall–Kier alpha value is -2.14. The average Bonchev–Trinajstić information content (AvgIpc) is 2.95. The SMILES string of the molecule is COc1ccc(CSc2[nH]c3ccccc3[nH+]2)cc1OC. The van der Waals surface area contributed by atoms with Crippen molar-refractivity contribution in [3.05, 3.63) is 48.0 Å².